The van der Waals surface area contributed by atoms with E-state index in [0.29, 0.717) is 13.1 Å². The zero-order valence-electron chi connectivity index (χ0n) is 13.8. The summed E-state index contributed by atoms with van der Waals surface area (Å²) in [7, 11) is 0. The number of nitrogens with one attached hydrogen (secondary N) is 1. The average molecular weight is 315 g/mol. The number of nitrogens with two attached hydrogens (primary N) is 1. The number of primary amides is 1. The van der Waals surface area contributed by atoms with Gasteiger partial charge in [-0.15, -0.1) is 0 Å². The highest BCUT2D eigenvalue weighted by Gasteiger charge is 2.21. The number of carbonyl (C=O) groups excluding carboxylic acids is 2. The van der Waals surface area contributed by atoms with Gasteiger partial charge in [0.25, 0.3) is 0 Å². The molecule has 0 aromatic heterocycles. The molecule has 1 aliphatic rings. The highest BCUT2D eigenvalue weighted by Crippen LogP contribution is 2.15. The summed E-state index contributed by atoms with van der Waals surface area (Å²) in [5.74, 6) is -0.0837. The number of urea groups is 1. The SMILES string of the molecule is CCc1ccc(C(C)=CC(=O)NC2CCN(C(N)=O)CC2)cc1. The molecule has 5 heteroatoms. The molecule has 5 nitrogen and oxygen atoms in total. The number of carbonyl (C=O) groups is 2. The Morgan fingerprint density at radius 1 is 1.26 bits per heavy atom. The first-order valence-corrected chi connectivity index (χ1v) is 8.12. The summed E-state index contributed by atoms with van der Waals surface area (Å²) in [4.78, 5) is 24.8. The van der Waals surface area contributed by atoms with Crippen LogP contribution in [-0.4, -0.2) is 36.0 Å². The lowest BCUT2D eigenvalue weighted by atomic mass is 10.0. The average Bonchev–Trinajstić information content (AvgIpc) is 2.55. The van der Waals surface area contributed by atoms with Crippen LogP contribution in [0.3, 0.4) is 0 Å². The fourth-order valence-electron chi connectivity index (χ4n) is 2.77. The second-order valence-corrected chi connectivity index (χ2v) is 5.99. The van der Waals surface area contributed by atoms with Crippen LogP contribution in [0.15, 0.2) is 30.3 Å². The molecule has 3 amide bonds. The van der Waals surface area contributed by atoms with Crippen LogP contribution in [0.5, 0.6) is 0 Å². The van der Waals surface area contributed by atoms with Crippen molar-refractivity contribution in [2.24, 2.45) is 5.73 Å². The van der Waals surface area contributed by atoms with Gasteiger partial charge < -0.3 is 16.0 Å². The Morgan fingerprint density at radius 2 is 1.87 bits per heavy atom. The maximum Gasteiger partial charge on any atom is 0.314 e. The number of piperidine rings is 1. The first-order chi connectivity index (χ1) is 11.0. The number of allylic oxidation sites excluding steroid dienone is 1. The Hall–Kier alpha value is -2.30. The van der Waals surface area contributed by atoms with Crippen LogP contribution in [0, 0.1) is 0 Å². The summed E-state index contributed by atoms with van der Waals surface area (Å²) in [6, 6.07) is 7.98. The lowest BCUT2D eigenvalue weighted by Crippen LogP contribution is -2.47. The third-order valence-corrected chi connectivity index (χ3v) is 4.32. The number of nitrogens with zero attached hydrogens (tertiary/aromatic N) is 1. The molecular weight excluding hydrogens is 290 g/mol. The fraction of sp³-hybridized carbons (Fsp3) is 0.444. The highest BCUT2D eigenvalue weighted by molar-refractivity contribution is 5.95. The monoisotopic (exact) mass is 315 g/mol. The van der Waals surface area contributed by atoms with E-state index in [-0.39, 0.29) is 18.0 Å². The van der Waals surface area contributed by atoms with Crippen LogP contribution in [0.2, 0.25) is 0 Å². The van der Waals surface area contributed by atoms with Crippen LogP contribution >= 0.6 is 0 Å². The van der Waals surface area contributed by atoms with E-state index in [9.17, 15) is 9.59 Å². The van der Waals surface area contributed by atoms with E-state index in [1.165, 1.54) is 5.56 Å². The summed E-state index contributed by atoms with van der Waals surface area (Å²) in [6.07, 6.45) is 4.13. The van der Waals surface area contributed by atoms with Crippen LogP contribution in [0.1, 0.15) is 37.8 Å². The standard InChI is InChI=1S/C18H25N3O2/c1-3-14-4-6-15(7-5-14)13(2)12-17(22)20-16-8-10-21(11-9-16)18(19)23/h4-7,12,16H,3,8-11H2,1-2H3,(H2,19,23)(H,20,22). The summed E-state index contributed by atoms with van der Waals surface area (Å²) >= 11 is 0. The maximum absolute atomic E-state index is 12.1. The Balaban J connectivity index is 1.89. The number of likely N-dealkylation sites (tertiary alicyclic amines) is 1. The third kappa shape index (κ3) is 4.84. The Labute approximate surface area is 137 Å². The van der Waals surface area contributed by atoms with Crippen molar-refractivity contribution in [1.82, 2.24) is 10.2 Å². The molecule has 3 N–H and O–H groups in total. The largest absolute Gasteiger partial charge is 0.351 e. The van der Waals surface area contributed by atoms with Crippen molar-refractivity contribution < 1.29 is 9.59 Å². The van der Waals surface area contributed by atoms with Gasteiger partial charge in [-0.1, -0.05) is 31.2 Å². The van der Waals surface area contributed by atoms with Gasteiger partial charge in [0.2, 0.25) is 5.91 Å². The van der Waals surface area contributed by atoms with Gasteiger partial charge in [0.05, 0.1) is 0 Å². The van der Waals surface area contributed by atoms with E-state index in [0.717, 1.165) is 30.4 Å². The minimum atomic E-state index is -0.388. The van der Waals surface area contributed by atoms with Crippen molar-refractivity contribution >= 4 is 17.5 Å². The van der Waals surface area contributed by atoms with E-state index in [1.54, 1.807) is 11.0 Å². The molecule has 0 radical (unpaired) electrons. The maximum atomic E-state index is 12.1. The fourth-order valence-corrected chi connectivity index (χ4v) is 2.77. The van der Waals surface area contributed by atoms with Crippen molar-refractivity contribution in [1.29, 1.82) is 0 Å². The molecule has 1 aromatic carbocycles. The van der Waals surface area contributed by atoms with Crippen LogP contribution in [-0.2, 0) is 11.2 Å². The number of benzene rings is 1. The first-order valence-electron chi connectivity index (χ1n) is 8.12. The topological polar surface area (TPSA) is 75.4 Å². The van der Waals surface area contributed by atoms with Gasteiger partial charge in [-0.25, -0.2) is 4.79 Å². The molecule has 0 unspecified atom stereocenters. The van der Waals surface area contributed by atoms with Crippen molar-refractivity contribution in [3.63, 3.8) is 0 Å². The smallest absolute Gasteiger partial charge is 0.314 e. The molecule has 0 saturated carbocycles. The molecule has 124 valence electrons. The number of hydrogen-bond acceptors (Lipinski definition) is 2. The number of hydrogen-bond donors (Lipinski definition) is 2. The molecule has 0 atom stereocenters. The zero-order chi connectivity index (χ0) is 16.8. The van der Waals surface area contributed by atoms with Crippen molar-refractivity contribution in [3.8, 4) is 0 Å². The number of rotatable bonds is 4. The van der Waals surface area contributed by atoms with E-state index in [4.69, 9.17) is 5.73 Å². The normalized spacial score (nSPS) is 16.3. The van der Waals surface area contributed by atoms with E-state index < -0.39 is 0 Å². The van der Waals surface area contributed by atoms with E-state index in [1.807, 2.05) is 19.1 Å². The quantitative estimate of drug-likeness (QED) is 0.837. The van der Waals surface area contributed by atoms with Gasteiger partial charge in [0.1, 0.15) is 0 Å². The molecule has 1 heterocycles. The third-order valence-electron chi connectivity index (χ3n) is 4.32. The molecule has 1 saturated heterocycles. The molecule has 1 aromatic rings. The molecule has 2 rings (SSSR count). The van der Waals surface area contributed by atoms with Gasteiger partial charge in [-0.2, -0.15) is 0 Å². The van der Waals surface area contributed by atoms with Gasteiger partial charge in [0, 0.05) is 25.2 Å². The second-order valence-electron chi connectivity index (χ2n) is 5.99. The van der Waals surface area contributed by atoms with Crippen molar-refractivity contribution in [3.05, 3.63) is 41.5 Å². The highest BCUT2D eigenvalue weighted by atomic mass is 16.2. The Bertz CT molecular complexity index is 585. The zero-order valence-corrected chi connectivity index (χ0v) is 13.8. The van der Waals surface area contributed by atoms with Gasteiger partial charge >= 0.3 is 6.03 Å². The van der Waals surface area contributed by atoms with Crippen molar-refractivity contribution in [2.75, 3.05) is 13.1 Å². The minimum absolute atomic E-state index is 0.0837. The van der Waals surface area contributed by atoms with Crippen LogP contribution < -0.4 is 11.1 Å². The molecule has 0 bridgehead atoms. The summed E-state index contributed by atoms with van der Waals surface area (Å²) in [6.45, 7) is 5.26. The number of amides is 3. The van der Waals surface area contributed by atoms with Crippen LogP contribution in [0.4, 0.5) is 4.79 Å². The predicted molar refractivity (Wildman–Crippen MR) is 91.8 cm³/mol. The minimum Gasteiger partial charge on any atom is -0.351 e. The van der Waals surface area contributed by atoms with Gasteiger partial charge in [0.15, 0.2) is 0 Å². The Kier molecular flexibility index (Phi) is 5.79. The summed E-state index contributed by atoms with van der Waals surface area (Å²) < 4.78 is 0. The van der Waals surface area contributed by atoms with E-state index in [2.05, 4.69) is 24.4 Å². The Morgan fingerprint density at radius 3 is 2.39 bits per heavy atom. The summed E-state index contributed by atoms with van der Waals surface area (Å²) in [5.41, 5.74) is 8.54. The van der Waals surface area contributed by atoms with Gasteiger partial charge in [-0.3, -0.25) is 4.79 Å². The summed E-state index contributed by atoms with van der Waals surface area (Å²) in [5, 5.41) is 3.01. The molecular formula is C18H25N3O2. The lowest BCUT2D eigenvalue weighted by Gasteiger charge is -2.30. The lowest BCUT2D eigenvalue weighted by molar-refractivity contribution is -0.117. The molecule has 1 aliphatic heterocycles. The number of aryl methyl sites for hydroxylation is 1. The molecule has 0 aliphatic carbocycles. The molecule has 0 spiro atoms. The van der Waals surface area contributed by atoms with Crippen molar-refractivity contribution in [2.45, 2.75) is 39.2 Å². The van der Waals surface area contributed by atoms with Gasteiger partial charge in [-0.05, 0) is 42.9 Å². The molecule has 1 fully saturated rings. The second kappa shape index (κ2) is 7.81. The van der Waals surface area contributed by atoms with Crippen LogP contribution in [0.25, 0.3) is 5.57 Å². The predicted octanol–water partition coefficient (Wildman–Crippen LogP) is 2.31. The van der Waals surface area contributed by atoms with E-state index >= 15 is 0 Å². The molecule has 23 heavy (non-hydrogen) atoms. The first kappa shape index (κ1) is 17.1.